The largest absolute Gasteiger partial charge is 0.326 e. The first kappa shape index (κ1) is 18.4. The number of sulfonamides is 1. The molecule has 7 heteroatoms. The Bertz CT molecular complexity index is 876. The minimum absolute atomic E-state index is 0.00332. The Morgan fingerprint density at radius 1 is 0.962 bits per heavy atom. The first-order valence-electron chi connectivity index (χ1n) is 8.64. The van der Waals surface area contributed by atoms with E-state index in [-0.39, 0.29) is 22.4 Å². The maximum Gasteiger partial charge on any atom is 0.261 e. The normalized spacial score (nSPS) is 15.4. The highest BCUT2D eigenvalue weighted by atomic mass is 32.2. The van der Waals surface area contributed by atoms with Crippen molar-refractivity contribution in [3.8, 4) is 0 Å². The van der Waals surface area contributed by atoms with E-state index in [4.69, 9.17) is 0 Å². The highest BCUT2D eigenvalue weighted by molar-refractivity contribution is 7.92. The first-order chi connectivity index (χ1) is 12.5. The van der Waals surface area contributed by atoms with E-state index in [1.807, 2.05) is 0 Å². The third-order valence-corrected chi connectivity index (χ3v) is 5.91. The zero-order chi connectivity index (χ0) is 18.6. The smallest absolute Gasteiger partial charge is 0.261 e. The summed E-state index contributed by atoms with van der Waals surface area (Å²) in [6.45, 7) is 0. The summed E-state index contributed by atoms with van der Waals surface area (Å²) in [6.07, 6.45) is 5.09. The zero-order valence-corrected chi connectivity index (χ0v) is 15.1. The van der Waals surface area contributed by atoms with Crippen molar-refractivity contribution >= 4 is 27.3 Å². The highest BCUT2D eigenvalue weighted by Gasteiger charge is 2.21. The average molecular weight is 376 g/mol. The van der Waals surface area contributed by atoms with Gasteiger partial charge in [0.05, 0.1) is 10.6 Å². The van der Waals surface area contributed by atoms with Gasteiger partial charge in [-0.2, -0.15) is 0 Å². The van der Waals surface area contributed by atoms with Crippen LogP contribution >= 0.6 is 0 Å². The van der Waals surface area contributed by atoms with E-state index in [1.54, 1.807) is 6.07 Å². The quantitative estimate of drug-likeness (QED) is 0.823. The number of carbonyl (C=O) groups excluding carboxylic acids is 1. The molecule has 0 unspecified atom stereocenters. The van der Waals surface area contributed by atoms with Gasteiger partial charge in [-0.1, -0.05) is 31.4 Å². The van der Waals surface area contributed by atoms with Crippen LogP contribution in [0.5, 0.6) is 0 Å². The third-order valence-electron chi connectivity index (χ3n) is 4.53. The van der Waals surface area contributed by atoms with Gasteiger partial charge in [0.15, 0.2) is 0 Å². The standard InChI is InChI=1S/C19H21FN2O3S/c20-17-8-4-5-9-18(17)22-26(24,25)16-12-10-15(11-13-16)21-19(23)14-6-2-1-3-7-14/h4-5,8-14,22H,1-3,6-7H2,(H,21,23). The molecule has 2 aromatic rings. The minimum Gasteiger partial charge on any atom is -0.326 e. The molecular weight excluding hydrogens is 355 g/mol. The van der Waals surface area contributed by atoms with Gasteiger partial charge in [0.2, 0.25) is 5.91 Å². The summed E-state index contributed by atoms with van der Waals surface area (Å²) < 4.78 is 40.6. The molecule has 0 heterocycles. The fraction of sp³-hybridized carbons (Fsp3) is 0.316. The van der Waals surface area contributed by atoms with Crippen molar-refractivity contribution in [2.75, 3.05) is 10.0 Å². The number of halogens is 1. The lowest BCUT2D eigenvalue weighted by Gasteiger charge is -2.20. The van der Waals surface area contributed by atoms with Crippen LogP contribution in [0.15, 0.2) is 53.4 Å². The van der Waals surface area contributed by atoms with Gasteiger partial charge in [0.1, 0.15) is 5.82 Å². The van der Waals surface area contributed by atoms with Crippen molar-refractivity contribution in [1.29, 1.82) is 0 Å². The molecule has 1 fully saturated rings. The molecule has 1 aliphatic rings. The van der Waals surface area contributed by atoms with Crippen LogP contribution in [0.3, 0.4) is 0 Å². The van der Waals surface area contributed by atoms with Gasteiger partial charge in [-0.25, -0.2) is 12.8 Å². The van der Waals surface area contributed by atoms with Crippen LogP contribution in [0.4, 0.5) is 15.8 Å². The molecule has 0 spiro atoms. The van der Waals surface area contributed by atoms with Crippen LogP contribution in [0.2, 0.25) is 0 Å². The van der Waals surface area contributed by atoms with Gasteiger partial charge in [-0.15, -0.1) is 0 Å². The predicted molar refractivity (Wildman–Crippen MR) is 98.9 cm³/mol. The molecule has 138 valence electrons. The maximum absolute atomic E-state index is 13.6. The van der Waals surface area contributed by atoms with Crippen LogP contribution in [-0.2, 0) is 14.8 Å². The number of nitrogens with one attached hydrogen (secondary N) is 2. The zero-order valence-electron chi connectivity index (χ0n) is 14.2. The number of rotatable bonds is 5. The van der Waals surface area contributed by atoms with Gasteiger partial charge in [0, 0.05) is 11.6 Å². The summed E-state index contributed by atoms with van der Waals surface area (Å²) in [5, 5.41) is 2.83. The van der Waals surface area contributed by atoms with Crippen molar-refractivity contribution in [1.82, 2.24) is 0 Å². The number of hydrogen-bond donors (Lipinski definition) is 2. The molecule has 26 heavy (non-hydrogen) atoms. The molecule has 0 atom stereocenters. The molecular formula is C19H21FN2O3S. The molecule has 0 radical (unpaired) electrons. The topological polar surface area (TPSA) is 75.3 Å². The number of amides is 1. The predicted octanol–water partition coefficient (Wildman–Crippen LogP) is 4.15. The Kier molecular flexibility index (Phi) is 5.56. The molecule has 0 aromatic heterocycles. The van der Waals surface area contributed by atoms with Crippen LogP contribution in [-0.4, -0.2) is 14.3 Å². The Balaban J connectivity index is 1.68. The van der Waals surface area contributed by atoms with Crippen molar-refractivity contribution in [3.63, 3.8) is 0 Å². The molecule has 0 bridgehead atoms. The molecule has 0 saturated heterocycles. The third kappa shape index (κ3) is 4.40. The van der Waals surface area contributed by atoms with Gasteiger partial charge < -0.3 is 5.32 Å². The van der Waals surface area contributed by atoms with E-state index < -0.39 is 15.8 Å². The van der Waals surface area contributed by atoms with E-state index in [0.717, 1.165) is 25.7 Å². The fourth-order valence-electron chi connectivity index (χ4n) is 3.07. The SMILES string of the molecule is O=C(Nc1ccc(S(=O)(=O)Nc2ccccc2F)cc1)C1CCCCC1. The van der Waals surface area contributed by atoms with Crippen LogP contribution < -0.4 is 10.0 Å². The number of hydrogen-bond acceptors (Lipinski definition) is 3. The molecule has 1 aliphatic carbocycles. The van der Waals surface area contributed by atoms with Crippen LogP contribution in [0, 0.1) is 11.7 Å². The minimum atomic E-state index is -3.90. The van der Waals surface area contributed by atoms with Gasteiger partial charge >= 0.3 is 0 Å². The molecule has 2 N–H and O–H groups in total. The number of anilines is 2. The van der Waals surface area contributed by atoms with Crippen molar-refractivity contribution in [2.24, 2.45) is 5.92 Å². The summed E-state index contributed by atoms with van der Waals surface area (Å²) in [5.74, 6) is -0.646. The molecule has 1 saturated carbocycles. The molecule has 5 nitrogen and oxygen atoms in total. The Hall–Kier alpha value is -2.41. The molecule has 2 aromatic carbocycles. The summed E-state index contributed by atoms with van der Waals surface area (Å²) >= 11 is 0. The second-order valence-corrected chi connectivity index (χ2v) is 8.12. The average Bonchev–Trinajstić information content (AvgIpc) is 2.65. The van der Waals surface area contributed by atoms with E-state index >= 15 is 0 Å². The maximum atomic E-state index is 13.6. The van der Waals surface area contributed by atoms with Gasteiger partial charge in [-0.05, 0) is 49.2 Å². The van der Waals surface area contributed by atoms with Crippen molar-refractivity contribution in [3.05, 3.63) is 54.3 Å². The second kappa shape index (κ2) is 7.86. The number of benzene rings is 2. The summed E-state index contributed by atoms with van der Waals surface area (Å²) in [7, 11) is -3.90. The Morgan fingerprint density at radius 2 is 1.62 bits per heavy atom. The summed E-state index contributed by atoms with van der Waals surface area (Å²) in [6, 6.07) is 11.4. The number of carbonyl (C=O) groups is 1. The van der Waals surface area contributed by atoms with E-state index in [9.17, 15) is 17.6 Å². The highest BCUT2D eigenvalue weighted by Crippen LogP contribution is 2.25. The van der Waals surface area contributed by atoms with Gasteiger partial charge in [0.25, 0.3) is 10.0 Å². The van der Waals surface area contributed by atoms with E-state index in [2.05, 4.69) is 10.0 Å². The van der Waals surface area contributed by atoms with E-state index in [1.165, 1.54) is 48.9 Å². The van der Waals surface area contributed by atoms with E-state index in [0.29, 0.717) is 5.69 Å². The lowest BCUT2D eigenvalue weighted by atomic mass is 9.88. The fourth-order valence-corrected chi connectivity index (χ4v) is 4.14. The summed E-state index contributed by atoms with van der Waals surface area (Å²) in [5.41, 5.74) is 0.438. The Morgan fingerprint density at radius 3 is 2.27 bits per heavy atom. The molecule has 0 aliphatic heterocycles. The van der Waals surface area contributed by atoms with Crippen molar-refractivity contribution < 1.29 is 17.6 Å². The molecule has 1 amide bonds. The van der Waals surface area contributed by atoms with Gasteiger partial charge in [-0.3, -0.25) is 9.52 Å². The first-order valence-corrected chi connectivity index (χ1v) is 10.1. The monoisotopic (exact) mass is 376 g/mol. The lowest BCUT2D eigenvalue weighted by Crippen LogP contribution is -2.24. The number of para-hydroxylation sites is 1. The van der Waals surface area contributed by atoms with Crippen LogP contribution in [0.1, 0.15) is 32.1 Å². The second-order valence-electron chi connectivity index (χ2n) is 6.43. The molecule has 3 rings (SSSR count). The lowest BCUT2D eigenvalue weighted by molar-refractivity contribution is -0.120. The Labute approximate surface area is 152 Å². The van der Waals surface area contributed by atoms with Crippen molar-refractivity contribution in [2.45, 2.75) is 37.0 Å². The van der Waals surface area contributed by atoms with Crippen LogP contribution in [0.25, 0.3) is 0 Å². The summed E-state index contributed by atoms with van der Waals surface area (Å²) in [4.78, 5) is 12.2.